The van der Waals surface area contributed by atoms with E-state index in [1.54, 1.807) is 48.5 Å². The second-order valence-corrected chi connectivity index (χ2v) is 4.39. The number of amides is 2. The minimum Gasteiger partial charge on any atom is -0.366 e. The van der Waals surface area contributed by atoms with Crippen LogP contribution in [-0.2, 0) is 6.42 Å². The van der Waals surface area contributed by atoms with Gasteiger partial charge in [0.25, 0.3) is 5.91 Å². The summed E-state index contributed by atoms with van der Waals surface area (Å²) >= 11 is 0. The molecule has 21 heavy (non-hydrogen) atoms. The van der Waals surface area contributed by atoms with Crippen LogP contribution < -0.4 is 11.1 Å². The zero-order valence-corrected chi connectivity index (χ0v) is 11.2. The van der Waals surface area contributed by atoms with Gasteiger partial charge in [-0.2, -0.15) is 5.26 Å². The van der Waals surface area contributed by atoms with Crippen LogP contribution in [0.5, 0.6) is 0 Å². The van der Waals surface area contributed by atoms with Crippen molar-refractivity contribution in [1.29, 1.82) is 5.26 Å². The van der Waals surface area contributed by atoms with Crippen LogP contribution >= 0.6 is 0 Å². The van der Waals surface area contributed by atoms with E-state index in [2.05, 4.69) is 5.32 Å². The first-order chi connectivity index (χ1) is 10.1. The summed E-state index contributed by atoms with van der Waals surface area (Å²) in [5, 5.41) is 11.5. The van der Waals surface area contributed by atoms with Crippen molar-refractivity contribution in [2.24, 2.45) is 5.73 Å². The molecule has 0 saturated carbocycles. The topological polar surface area (TPSA) is 96.0 Å². The molecule has 2 amide bonds. The Bertz CT molecular complexity index is 715. The highest BCUT2D eigenvalue weighted by Crippen LogP contribution is 2.14. The quantitative estimate of drug-likeness (QED) is 0.897. The predicted molar refractivity (Wildman–Crippen MR) is 78.7 cm³/mol. The van der Waals surface area contributed by atoms with E-state index in [0.29, 0.717) is 22.4 Å². The number of carbonyl (C=O) groups is 2. The van der Waals surface area contributed by atoms with Crippen molar-refractivity contribution >= 4 is 17.5 Å². The molecule has 0 atom stereocenters. The SMILES string of the molecule is N#CCc1ccccc1C(=O)Nc1ccc(C(N)=O)cc1. The van der Waals surface area contributed by atoms with Crippen LogP contribution in [0.1, 0.15) is 26.3 Å². The number of nitrogens with one attached hydrogen (secondary N) is 1. The number of rotatable bonds is 4. The Morgan fingerprint density at radius 1 is 1.10 bits per heavy atom. The molecule has 0 unspecified atom stereocenters. The van der Waals surface area contributed by atoms with E-state index in [0.717, 1.165) is 0 Å². The lowest BCUT2D eigenvalue weighted by atomic mass is 10.0. The van der Waals surface area contributed by atoms with Crippen molar-refractivity contribution < 1.29 is 9.59 Å². The van der Waals surface area contributed by atoms with Crippen molar-refractivity contribution in [1.82, 2.24) is 0 Å². The van der Waals surface area contributed by atoms with Gasteiger partial charge in [-0.3, -0.25) is 9.59 Å². The fourth-order valence-electron chi connectivity index (χ4n) is 1.90. The fourth-order valence-corrected chi connectivity index (χ4v) is 1.90. The molecular formula is C16H13N3O2. The van der Waals surface area contributed by atoms with Gasteiger partial charge >= 0.3 is 0 Å². The van der Waals surface area contributed by atoms with Crippen LogP contribution in [0, 0.1) is 11.3 Å². The van der Waals surface area contributed by atoms with Gasteiger partial charge in [0.05, 0.1) is 12.5 Å². The third-order valence-corrected chi connectivity index (χ3v) is 2.96. The lowest BCUT2D eigenvalue weighted by molar-refractivity contribution is 0.0998. The molecule has 0 fully saturated rings. The van der Waals surface area contributed by atoms with Gasteiger partial charge in [-0.1, -0.05) is 18.2 Å². The van der Waals surface area contributed by atoms with Gasteiger partial charge in [-0.25, -0.2) is 0 Å². The monoisotopic (exact) mass is 279 g/mol. The van der Waals surface area contributed by atoms with Gasteiger partial charge in [0.1, 0.15) is 0 Å². The summed E-state index contributed by atoms with van der Waals surface area (Å²) in [5.74, 6) is -0.820. The molecule has 2 rings (SSSR count). The van der Waals surface area contributed by atoms with Crippen molar-refractivity contribution in [2.75, 3.05) is 5.32 Å². The number of benzene rings is 2. The van der Waals surface area contributed by atoms with Crippen molar-refractivity contribution in [2.45, 2.75) is 6.42 Å². The summed E-state index contributed by atoms with van der Waals surface area (Å²) in [6.45, 7) is 0. The Hall–Kier alpha value is -3.13. The third-order valence-electron chi connectivity index (χ3n) is 2.96. The highest BCUT2D eigenvalue weighted by molar-refractivity contribution is 6.05. The summed E-state index contributed by atoms with van der Waals surface area (Å²) in [6, 6.07) is 15.3. The Morgan fingerprint density at radius 2 is 1.76 bits per heavy atom. The Labute approximate surface area is 122 Å². The fraction of sp³-hybridized carbons (Fsp3) is 0.0625. The molecule has 0 aliphatic rings. The van der Waals surface area contributed by atoms with Gasteiger partial charge in [0.2, 0.25) is 5.91 Å². The van der Waals surface area contributed by atoms with E-state index in [-0.39, 0.29) is 12.3 Å². The predicted octanol–water partition coefficient (Wildman–Crippen LogP) is 2.10. The molecule has 2 aromatic rings. The average Bonchev–Trinajstić information content (AvgIpc) is 2.48. The first kappa shape index (κ1) is 14.3. The minimum absolute atomic E-state index is 0.171. The molecule has 5 nitrogen and oxygen atoms in total. The maximum Gasteiger partial charge on any atom is 0.255 e. The first-order valence-corrected chi connectivity index (χ1v) is 6.28. The molecule has 2 aromatic carbocycles. The summed E-state index contributed by atoms with van der Waals surface area (Å²) in [4.78, 5) is 23.2. The zero-order chi connectivity index (χ0) is 15.2. The van der Waals surface area contributed by atoms with Gasteiger partial charge in [-0.05, 0) is 35.9 Å². The number of hydrogen-bond acceptors (Lipinski definition) is 3. The molecule has 0 aliphatic heterocycles. The van der Waals surface area contributed by atoms with E-state index in [4.69, 9.17) is 11.0 Å². The highest BCUT2D eigenvalue weighted by atomic mass is 16.2. The average molecular weight is 279 g/mol. The molecule has 0 radical (unpaired) electrons. The lowest BCUT2D eigenvalue weighted by Crippen LogP contribution is -2.15. The number of nitriles is 1. The number of nitrogens with two attached hydrogens (primary N) is 1. The molecule has 0 aliphatic carbocycles. The number of primary amides is 1. The standard InChI is InChI=1S/C16H13N3O2/c17-10-9-11-3-1-2-4-14(11)16(21)19-13-7-5-12(6-8-13)15(18)20/h1-8H,9H2,(H2,18,20)(H,19,21). The van der Waals surface area contributed by atoms with Crippen molar-refractivity contribution in [3.63, 3.8) is 0 Å². The Kier molecular flexibility index (Phi) is 4.32. The molecule has 5 heteroatoms. The molecule has 0 aromatic heterocycles. The van der Waals surface area contributed by atoms with Crippen molar-refractivity contribution in [3.8, 4) is 6.07 Å². The number of hydrogen-bond donors (Lipinski definition) is 2. The molecule has 0 bridgehead atoms. The second-order valence-electron chi connectivity index (χ2n) is 4.39. The summed E-state index contributed by atoms with van der Waals surface area (Å²) in [7, 11) is 0. The largest absolute Gasteiger partial charge is 0.366 e. The van der Waals surface area contributed by atoms with Crippen LogP contribution in [0.25, 0.3) is 0 Å². The van der Waals surface area contributed by atoms with E-state index in [1.165, 1.54) is 0 Å². The Morgan fingerprint density at radius 3 is 2.38 bits per heavy atom. The lowest BCUT2D eigenvalue weighted by Gasteiger charge is -2.08. The summed E-state index contributed by atoms with van der Waals surface area (Å²) in [6.07, 6.45) is 0.171. The van der Waals surface area contributed by atoms with Gasteiger partial charge in [0.15, 0.2) is 0 Å². The zero-order valence-electron chi connectivity index (χ0n) is 11.2. The van der Waals surface area contributed by atoms with Crippen LogP contribution in [0.2, 0.25) is 0 Å². The smallest absolute Gasteiger partial charge is 0.255 e. The molecule has 0 heterocycles. The van der Waals surface area contributed by atoms with Crippen LogP contribution in [0.15, 0.2) is 48.5 Å². The summed E-state index contributed by atoms with van der Waals surface area (Å²) < 4.78 is 0. The molecule has 104 valence electrons. The highest BCUT2D eigenvalue weighted by Gasteiger charge is 2.11. The molecule has 3 N–H and O–H groups in total. The molecule has 0 saturated heterocycles. The minimum atomic E-state index is -0.521. The van der Waals surface area contributed by atoms with Gasteiger partial charge in [0, 0.05) is 16.8 Å². The van der Waals surface area contributed by atoms with E-state index >= 15 is 0 Å². The van der Waals surface area contributed by atoms with Crippen molar-refractivity contribution in [3.05, 3.63) is 65.2 Å². The maximum absolute atomic E-state index is 12.2. The van der Waals surface area contributed by atoms with Gasteiger partial charge in [-0.15, -0.1) is 0 Å². The van der Waals surface area contributed by atoms with Crippen LogP contribution in [0.4, 0.5) is 5.69 Å². The normalized spacial score (nSPS) is 9.67. The van der Waals surface area contributed by atoms with Crippen LogP contribution in [-0.4, -0.2) is 11.8 Å². The first-order valence-electron chi connectivity index (χ1n) is 6.28. The number of carbonyl (C=O) groups excluding carboxylic acids is 2. The summed E-state index contributed by atoms with van der Waals surface area (Å²) in [5.41, 5.74) is 7.21. The number of anilines is 1. The maximum atomic E-state index is 12.2. The van der Waals surface area contributed by atoms with Crippen LogP contribution in [0.3, 0.4) is 0 Å². The van der Waals surface area contributed by atoms with Gasteiger partial charge < -0.3 is 11.1 Å². The second kappa shape index (κ2) is 6.35. The molecule has 0 spiro atoms. The third kappa shape index (κ3) is 3.45. The number of nitrogens with zero attached hydrogens (tertiary/aromatic N) is 1. The Balaban J connectivity index is 2.18. The van der Waals surface area contributed by atoms with E-state index in [9.17, 15) is 9.59 Å². The molecular weight excluding hydrogens is 266 g/mol. The van der Waals surface area contributed by atoms with E-state index < -0.39 is 5.91 Å². The van der Waals surface area contributed by atoms with E-state index in [1.807, 2.05) is 6.07 Å².